The van der Waals surface area contributed by atoms with E-state index in [0.29, 0.717) is 6.04 Å². The molecule has 66 valence electrons. The molecule has 0 saturated carbocycles. The van der Waals surface area contributed by atoms with E-state index in [4.69, 9.17) is 0 Å². The molecule has 0 radical (unpaired) electrons. The maximum atomic E-state index is 3.98. The van der Waals surface area contributed by atoms with Gasteiger partial charge in [-0.15, -0.1) is 0 Å². The van der Waals surface area contributed by atoms with E-state index in [1.165, 1.54) is 12.0 Å². The van der Waals surface area contributed by atoms with Crippen LogP contribution in [0.5, 0.6) is 0 Å². The van der Waals surface area contributed by atoms with Gasteiger partial charge in [-0.25, -0.2) is 9.97 Å². The third-order valence-electron chi connectivity index (χ3n) is 1.91. The van der Waals surface area contributed by atoms with Gasteiger partial charge in [-0.1, -0.05) is 13.3 Å². The number of hydrogen-bond donors (Lipinski definition) is 1. The van der Waals surface area contributed by atoms with Gasteiger partial charge in [0.25, 0.3) is 0 Å². The van der Waals surface area contributed by atoms with Crippen LogP contribution in [0.25, 0.3) is 0 Å². The zero-order valence-corrected chi connectivity index (χ0v) is 7.62. The summed E-state index contributed by atoms with van der Waals surface area (Å²) < 4.78 is 0. The first-order valence-corrected chi connectivity index (χ1v) is 4.30. The molecule has 0 saturated heterocycles. The van der Waals surface area contributed by atoms with Crippen molar-refractivity contribution >= 4 is 0 Å². The van der Waals surface area contributed by atoms with Crippen molar-refractivity contribution in [2.75, 3.05) is 7.05 Å². The lowest BCUT2D eigenvalue weighted by atomic mass is 10.1. The smallest absolute Gasteiger partial charge is 0.115 e. The van der Waals surface area contributed by atoms with Gasteiger partial charge in [0, 0.05) is 24.0 Å². The summed E-state index contributed by atoms with van der Waals surface area (Å²) in [6.45, 7) is 2.17. The first-order valence-electron chi connectivity index (χ1n) is 4.30. The van der Waals surface area contributed by atoms with E-state index in [-0.39, 0.29) is 0 Å². The topological polar surface area (TPSA) is 37.8 Å². The van der Waals surface area contributed by atoms with Crippen LogP contribution in [0.15, 0.2) is 18.7 Å². The molecule has 0 amide bonds. The Kier molecular flexibility index (Phi) is 3.67. The third-order valence-corrected chi connectivity index (χ3v) is 1.91. The molecule has 0 fully saturated rings. The Morgan fingerprint density at radius 3 is 2.58 bits per heavy atom. The highest BCUT2D eigenvalue weighted by Crippen LogP contribution is 2.14. The molecule has 1 N–H and O–H groups in total. The molecule has 0 spiro atoms. The number of nitrogens with one attached hydrogen (secondary N) is 1. The van der Waals surface area contributed by atoms with Gasteiger partial charge in [0.05, 0.1) is 0 Å². The summed E-state index contributed by atoms with van der Waals surface area (Å²) in [6.07, 6.45) is 7.58. The van der Waals surface area contributed by atoms with Crippen molar-refractivity contribution in [3.05, 3.63) is 24.3 Å². The van der Waals surface area contributed by atoms with Crippen LogP contribution in [0, 0.1) is 0 Å². The lowest BCUT2D eigenvalue weighted by molar-refractivity contribution is 0.538. The van der Waals surface area contributed by atoms with Gasteiger partial charge in [0.2, 0.25) is 0 Å². The summed E-state index contributed by atoms with van der Waals surface area (Å²) in [5.41, 5.74) is 1.17. The fourth-order valence-corrected chi connectivity index (χ4v) is 1.26. The molecule has 1 aromatic rings. The van der Waals surface area contributed by atoms with Crippen molar-refractivity contribution < 1.29 is 0 Å². The minimum absolute atomic E-state index is 0.399. The third kappa shape index (κ3) is 2.27. The highest BCUT2D eigenvalue weighted by Gasteiger charge is 2.06. The van der Waals surface area contributed by atoms with Crippen molar-refractivity contribution in [2.24, 2.45) is 0 Å². The molecule has 1 rings (SSSR count). The van der Waals surface area contributed by atoms with Crippen LogP contribution in [0.1, 0.15) is 31.4 Å². The Hall–Kier alpha value is -0.960. The Bertz CT molecular complexity index is 210. The van der Waals surface area contributed by atoms with Gasteiger partial charge >= 0.3 is 0 Å². The normalized spacial score (nSPS) is 12.8. The zero-order chi connectivity index (χ0) is 8.81. The molecule has 0 aliphatic carbocycles. The number of hydrogen-bond acceptors (Lipinski definition) is 3. The van der Waals surface area contributed by atoms with Crippen molar-refractivity contribution in [3.8, 4) is 0 Å². The van der Waals surface area contributed by atoms with Crippen LogP contribution in [-0.2, 0) is 0 Å². The van der Waals surface area contributed by atoms with Crippen LogP contribution in [-0.4, -0.2) is 17.0 Å². The number of aromatic nitrogens is 2. The monoisotopic (exact) mass is 165 g/mol. The molecule has 1 unspecified atom stereocenters. The average molecular weight is 165 g/mol. The summed E-state index contributed by atoms with van der Waals surface area (Å²) in [6, 6.07) is 0.399. The summed E-state index contributed by atoms with van der Waals surface area (Å²) in [4.78, 5) is 7.97. The SMILES string of the molecule is CCCC(NC)c1cncnc1. The maximum absolute atomic E-state index is 3.98. The highest BCUT2D eigenvalue weighted by molar-refractivity contribution is 5.08. The molecule has 1 aromatic heterocycles. The van der Waals surface area contributed by atoms with E-state index < -0.39 is 0 Å². The quantitative estimate of drug-likeness (QED) is 0.735. The predicted octanol–water partition coefficient (Wildman–Crippen LogP) is 1.54. The first-order chi connectivity index (χ1) is 5.88. The Morgan fingerprint density at radius 1 is 1.42 bits per heavy atom. The van der Waals surface area contributed by atoms with Crippen LogP contribution in [0.3, 0.4) is 0 Å². The zero-order valence-electron chi connectivity index (χ0n) is 7.62. The van der Waals surface area contributed by atoms with Crippen molar-refractivity contribution in [2.45, 2.75) is 25.8 Å². The summed E-state index contributed by atoms with van der Waals surface area (Å²) >= 11 is 0. The largest absolute Gasteiger partial charge is 0.313 e. The van der Waals surface area contributed by atoms with Gasteiger partial charge in [-0.05, 0) is 13.5 Å². The van der Waals surface area contributed by atoms with Crippen LogP contribution >= 0.6 is 0 Å². The molecule has 1 heterocycles. The van der Waals surface area contributed by atoms with E-state index in [0.717, 1.165) is 6.42 Å². The minimum atomic E-state index is 0.399. The highest BCUT2D eigenvalue weighted by atomic mass is 14.9. The Labute approximate surface area is 73.2 Å². The minimum Gasteiger partial charge on any atom is -0.313 e. The van der Waals surface area contributed by atoms with Gasteiger partial charge < -0.3 is 5.32 Å². The van der Waals surface area contributed by atoms with Crippen molar-refractivity contribution in [1.82, 2.24) is 15.3 Å². The van der Waals surface area contributed by atoms with E-state index in [9.17, 15) is 0 Å². The standard InChI is InChI=1S/C9H15N3/c1-3-4-9(10-2)8-5-11-7-12-6-8/h5-7,9-10H,3-4H2,1-2H3. The van der Waals surface area contributed by atoms with Gasteiger partial charge in [0.1, 0.15) is 6.33 Å². The van der Waals surface area contributed by atoms with Gasteiger partial charge in [-0.2, -0.15) is 0 Å². The number of rotatable bonds is 4. The average Bonchev–Trinajstić information content (AvgIpc) is 2.15. The van der Waals surface area contributed by atoms with E-state index >= 15 is 0 Å². The summed E-state index contributed by atoms with van der Waals surface area (Å²) in [5, 5.41) is 3.24. The molecular weight excluding hydrogens is 150 g/mol. The van der Waals surface area contributed by atoms with Crippen molar-refractivity contribution in [3.63, 3.8) is 0 Å². The second kappa shape index (κ2) is 4.83. The van der Waals surface area contributed by atoms with Crippen LogP contribution in [0.4, 0.5) is 0 Å². The van der Waals surface area contributed by atoms with Crippen LogP contribution in [0.2, 0.25) is 0 Å². The molecule has 0 aliphatic heterocycles. The second-order valence-corrected chi connectivity index (χ2v) is 2.80. The Morgan fingerprint density at radius 2 is 2.08 bits per heavy atom. The molecule has 0 bridgehead atoms. The molecular formula is C9H15N3. The molecule has 0 aliphatic rings. The van der Waals surface area contributed by atoms with E-state index in [1.807, 2.05) is 19.4 Å². The molecule has 0 aromatic carbocycles. The van der Waals surface area contributed by atoms with Crippen molar-refractivity contribution in [1.29, 1.82) is 0 Å². The fraction of sp³-hybridized carbons (Fsp3) is 0.556. The lowest BCUT2D eigenvalue weighted by Crippen LogP contribution is -2.16. The molecule has 1 atom stereocenters. The number of nitrogens with zero attached hydrogens (tertiary/aromatic N) is 2. The molecule has 12 heavy (non-hydrogen) atoms. The molecule has 3 heteroatoms. The van der Waals surface area contributed by atoms with Gasteiger partial charge in [0.15, 0.2) is 0 Å². The summed E-state index contributed by atoms with van der Waals surface area (Å²) in [7, 11) is 1.97. The maximum Gasteiger partial charge on any atom is 0.115 e. The summed E-state index contributed by atoms with van der Waals surface area (Å²) in [5.74, 6) is 0. The fourth-order valence-electron chi connectivity index (χ4n) is 1.26. The Balaban J connectivity index is 2.66. The van der Waals surface area contributed by atoms with E-state index in [1.54, 1.807) is 6.33 Å². The molecule has 3 nitrogen and oxygen atoms in total. The van der Waals surface area contributed by atoms with Crippen LogP contribution < -0.4 is 5.32 Å². The first kappa shape index (κ1) is 9.13. The predicted molar refractivity (Wildman–Crippen MR) is 48.7 cm³/mol. The second-order valence-electron chi connectivity index (χ2n) is 2.80. The van der Waals surface area contributed by atoms with E-state index in [2.05, 4.69) is 22.2 Å². The van der Waals surface area contributed by atoms with Gasteiger partial charge in [-0.3, -0.25) is 0 Å². The lowest BCUT2D eigenvalue weighted by Gasteiger charge is -2.13.